The number of nitrogens with zero attached hydrogens (tertiary/aromatic N) is 2. The van der Waals surface area contributed by atoms with Crippen molar-refractivity contribution in [2.75, 3.05) is 13.2 Å². The van der Waals surface area contributed by atoms with Crippen LogP contribution in [0.5, 0.6) is 23.0 Å². The van der Waals surface area contributed by atoms with Crippen molar-refractivity contribution >= 4 is 0 Å². The fourth-order valence-electron chi connectivity index (χ4n) is 3.41. The summed E-state index contributed by atoms with van der Waals surface area (Å²) in [5.41, 5.74) is 2.97. The number of ether oxygens (including phenoxy) is 2. The first kappa shape index (κ1) is 21.2. The van der Waals surface area contributed by atoms with Crippen LogP contribution < -0.4 is 9.47 Å². The fourth-order valence-corrected chi connectivity index (χ4v) is 3.41. The number of phenolic OH excluding ortho intramolecular Hbond substituents is 2. The standard InChI is InChI=1S/C26H24N2O4/c1-3-31-18-10-12-20(24(29)14-18)22-16-23(21-13-11-19(32-4-2)15-25(21)30)28-26(27-22)17-8-6-5-7-9-17/h5-16,29-30H,3-4H2,1-2H3. The largest absolute Gasteiger partial charge is 0.507 e. The van der Waals surface area contributed by atoms with Gasteiger partial charge in [-0.15, -0.1) is 0 Å². The Morgan fingerprint density at radius 2 is 1.16 bits per heavy atom. The van der Waals surface area contributed by atoms with E-state index in [1.807, 2.05) is 44.2 Å². The summed E-state index contributed by atoms with van der Waals surface area (Å²) >= 11 is 0. The second-order valence-electron chi connectivity index (χ2n) is 7.05. The van der Waals surface area contributed by atoms with Gasteiger partial charge in [-0.2, -0.15) is 0 Å². The number of rotatable bonds is 7. The van der Waals surface area contributed by atoms with E-state index in [1.54, 1.807) is 42.5 Å². The van der Waals surface area contributed by atoms with Crippen molar-refractivity contribution in [3.63, 3.8) is 0 Å². The molecule has 0 saturated heterocycles. The smallest absolute Gasteiger partial charge is 0.160 e. The van der Waals surface area contributed by atoms with Crippen molar-refractivity contribution < 1.29 is 19.7 Å². The van der Waals surface area contributed by atoms with Crippen LogP contribution in [0.15, 0.2) is 72.8 Å². The molecule has 0 spiro atoms. The first-order chi connectivity index (χ1) is 15.6. The van der Waals surface area contributed by atoms with Crippen LogP contribution in [0.1, 0.15) is 13.8 Å². The number of hydrogen-bond acceptors (Lipinski definition) is 6. The highest BCUT2D eigenvalue weighted by molar-refractivity contribution is 5.77. The number of benzene rings is 3. The minimum Gasteiger partial charge on any atom is -0.507 e. The van der Waals surface area contributed by atoms with Gasteiger partial charge in [-0.05, 0) is 44.2 Å². The van der Waals surface area contributed by atoms with Crippen molar-refractivity contribution in [2.24, 2.45) is 0 Å². The molecule has 4 rings (SSSR count). The molecule has 0 aliphatic rings. The lowest BCUT2D eigenvalue weighted by atomic mass is 10.0. The Labute approximate surface area is 186 Å². The van der Waals surface area contributed by atoms with Gasteiger partial charge in [0.15, 0.2) is 5.82 Å². The molecule has 0 fully saturated rings. The van der Waals surface area contributed by atoms with Crippen LogP contribution in [-0.2, 0) is 0 Å². The monoisotopic (exact) mass is 428 g/mol. The molecule has 1 heterocycles. The molecule has 0 atom stereocenters. The number of aromatic hydroxyl groups is 2. The number of hydrogen-bond donors (Lipinski definition) is 2. The van der Waals surface area contributed by atoms with Crippen LogP contribution >= 0.6 is 0 Å². The fraction of sp³-hybridized carbons (Fsp3) is 0.154. The van der Waals surface area contributed by atoms with Crippen LogP contribution in [0.4, 0.5) is 0 Å². The van der Waals surface area contributed by atoms with E-state index in [1.165, 1.54) is 0 Å². The Kier molecular flexibility index (Phi) is 6.22. The summed E-state index contributed by atoms with van der Waals surface area (Å²) in [5, 5.41) is 21.3. The summed E-state index contributed by atoms with van der Waals surface area (Å²) in [6.07, 6.45) is 0. The van der Waals surface area contributed by atoms with Crippen molar-refractivity contribution in [3.8, 4) is 56.9 Å². The third-order valence-electron chi connectivity index (χ3n) is 4.87. The van der Waals surface area contributed by atoms with Gasteiger partial charge in [0.25, 0.3) is 0 Å². The van der Waals surface area contributed by atoms with Gasteiger partial charge in [-0.3, -0.25) is 0 Å². The minimum atomic E-state index is 0.0514. The van der Waals surface area contributed by atoms with E-state index in [4.69, 9.17) is 19.4 Å². The molecule has 0 bridgehead atoms. The van der Waals surface area contributed by atoms with Gasteiger partial charge in [0, 0.05) is 28.8 Å². The van der Waals surface area contributed by atoms with Gasteiger partial charge in [0.1, 0.15) is 23.0 Å². The molecule has 0 aliphatic carbocycles. The van der Waals surface area contributed by atoms with Gasteiger partial charge in [0.05, 0.1) is 24.6 Å². The summed E-state index contributed by atoms with van der Waals surface area (Å²) in [6.45, 7) is 4.78. The summed E-state index contributed by atoms with van der Waals surface area (Å²) in [6, 6.07) is 21.6. The molecule has 0 radical (unpaired) electrons. The average Bonchev–Trinajstić information content (AvgIpc) is 2.80. The van der Waals surface area contributed by atoms with Crippen molar-refractivity contribution in [3.05, 3.63) is 72.8 Å². The second kappa shape index (κ2) is 9.39. The third kappa shape index (κ3) is 4.49. The topological polar surface area (TPSA) is 84.7 Å². The van der Waals surface area contributed by atoms with Crippen molar-refractivity contribution in [1.82, 2.24) is 9.97 Å². The van der Waals surface area contributed by atoms with E-state index in [2.05, 4.69) is 0 Å². The molecule has 0 amide bonds. The lowest BCUT2D eigenvalue weighted by molar-refractivity contribution is 0.337. The Balaban J connectivity index is 1.86. The number of phenols is 2. The summed E-state index contributed by atoms with van der Waals surface area (Å²) < 4.78 is 10.9. The molecule has 4 aromatic rings. The van der Waals surface area contributed by atoms with Crippen molar-refractivity contribution in [2.45, 2.75) is 13.8 Å². The van der Waals surface area contributed by atoms with Gasteiger partial charge in [0.2, 0.25) is 0 Å². The predicted molar refractivity (Wildman–Crippen MR) is 124 cm³/mol. The maximum Gasteiger partial charge on any atom is 0.160 e. The van der Waals surface area contributed by atoms with E-state index in [-0.39, 0.29) is 11.5 Å². The van der Waals surface area contributed by atoms with Gasteiger partial charge in [-0.1, -0.05) is 30.3 Å². The van der Waals surface area contributed by atoms with E-state index in [0.717, 1.165) is 5.56 Å². The Morgan fingerprint density at radius 1 is 0.656 bits per heavy atom. The quantitative estimate of drug-likeness (QED) is 0.394. The molecule has 162 valence electrons. The Hall–Kier alpha value is -4.06. The highest BCUT2D eigenvalue weighted by atomic mass is 16.5. The molecule has 32 heavy (non-hydrogen) atoms. The second-order valence-corrected chi connectivity index (χ2v) is 7.05. The molecule has 2 N–H and O–H groups in total. The van der Waals surface area contributed by atoms with Gasteiger partial charge in [-0.25, -0.2) is 9.97 Å². The molecular formula is C26H24N2O4. The predicted octanol–water partition coefficient (Wildman–Crippen LogP) is 5.69. The highest BCUT2D eigenvalue weighted by Crippen LogP contribution is 2.37. The summed E-state index contributed by atoms with van der Waals surface area (Å²) in [7, 11) is 0. The maximum absolute atomic E-state index is 10.6. The van der Waals surface area contributed by atoms with Crippen molar-refractivity contribution in [1.29, 1.82) is 0 Å². The Bertz CT molecular complexity index is 1150. The molecular weight excluding hydrogens is 404 g/mol. The zero-order valence-electron chi connectivity index (χ0n) is 17.9. The normalized spacial score (nSPS) is 10.7. The van der Waals surface area contributed by atoms with E-state index < -0.39 is 0 Å². The first-order valence-electron chi connectivity index (χ1n) is 10.5. The zero-order valence-corrected chi connectivity index (χ0v) is 17.9. The maximum atomic E-state index is 10.6. The van der Waals surface area contributed by atoms with E-state index >= 15 is 0 Å². The molecule has 0 unspecified atom stereocenters. The zero-order chi connectivity index (χ0) is 22.5. The molecule has 0 aliphatic heterocycles. The SMILES string of the molecule is CCOc1ccc(-c2cc(-c3ccc(OCC)cc3O)nc(-c3ccccc3)n2)c(O)c1. The van der Waals surface area contributed by atoms with E-state index in [9.17, 15) is 10.2 Å². The summed E-state index contributed by atoms with van der Waals surface area (Å²) in [5.74, 6) is 1.75. The highest BCUT2D eigenvalue weighted by Gasteiger charge is 2.16. The van der Waals surface area contributed by atoms with Crippen LogP contribution in [0, 0.1) is 0 Å². The molecule has 0 saturated carbocycles. The first-order valence-corrected chi connectivity index (χ1v) is 10.5. The van der Waals surface area contributed by atoms with Gasteiger partial charge < -0.3 is 19.7 Å². The number of aromatic nitrogens is 2. The van der Waals surface area contributed by atoms with Gasteiger partial charge >= 0.3 is 0 Å². The molecule has 6 nitrogen and oxygen atoms in total. The van der Waals surface area contributed by atoms with Crippen LogP contribution in [0.25, 0.3) is 33.9 Å². The Morgan fingerprint density at radius 3 is 1.59 bits per heavy atom. The lowest BCUT2D eigenvalue weighted by Gasteiger charge is -2.12. The lowest BCUT2D eigenvalue weighted by Crippen LogP contribution is -1.97. The average molecular weight is 428 g/mol. The van der Waals surface area contributed by atoms with Crippen LogP contribution in [-0.4, -0.2) is 33.4 Å². The third-order valence-corrected chi connectivity index (χ3v) is 4.87. The van der Waals surface area contributed by atoms with Crippen LogP contribution in [0.2, 0.25) is 0 Å². The molecule has 1 aromatic heterocycles. The van der Waals surface area contributed by atoms with Crippen LogP contribution in [0.3, 0.4) is 0 Å². The minimum absolute atomic E-state index is 0.0514. The van der Waals surface area contributed by atoms with E-state index in [0.29, 0.717) is 53.1 Å². The summed E-state index contributed by atoms with van der Waals surface area (Å²) in [4.78, 5) is 9.39. The molecule has 3 aromatic carbocycles. The molecule has 6 heteroatoms.